The molecule has 100 valence electrons. The molecule has 2 unspecified atom stereocenters. The zero-order valence-corrected chi connectivity index (χ0v) is 12.0. The molecule has 1 aliphatic rings. The van der Waals surface area contributed by atoms with Crippen molar-refractivity contribution >= 4 is 11.6 Å². The fraction of sp³-hybridized carbons (Fsp3) is 0.600. The van der Waals surface area contributed by atoms with Crippen LogP contribution >= 0.6 is 11.6 Å². The van der Waals surface area contributed by atoms with E-state index in [1.54, 1.807) is 7.11 Å². The third-order valence-electron chi connectivity index (χ3n) is 4.30. The number of rotatable bonds is 6. The van der Waals surface area contributed by atoms with Crippen molar-refractivity contribution in [2.75, 3.05) is 26.8 Å². The SMILES string of the molecule is COCCNCC1(c2ccccc2Cl)CCC1C. The standard InChI is InChI=1S/C15H22ClNO/c1-12-7-8-15(12,11-17-9-10-18-2)13-5-3-4-6-14(13)16/h3-6,12,17H,7-11H2,1-2H3. The van der Waals surface area contributed by atoms with Crippen molar-refractivity contribution in [3.05, 3.63) is 34.9 Å². The number of halogens is 1. The minimum atomic E-state index is 0.214. The number of hydrogen-bond acceptors (Lipinski definition) is 2. The van der Waals surface area contributed by atoms with Gasteiger partial charge in [-0.05, 0) is 30.4 Å². The molecule has 1 fully saturated rings. The number of methoxy groups -OCH3 is 1. The van der Waals surface area contributed by atoms with E-state index in [1.165, 1.54) is 18.4 Å². The molecule has 1 aliphatic carbocycles. The lowest BCUT2D eigenvalue weighted by Crippen LogP contribution is -2.50. The second kappa shape index (κ2) is 6.05. The highest BCUT2D eigenvalue weighted by molar-refractivity contribution is 6.31. The van der Waals surface area contributed by atoms with Gasteiger partial charge in [0, 0.05) is 30.6 Å². The minimum absolute atomic E-state index is 0.214. The highest BCUT2D eigenvalue weighted by atomic mass is 35.5. The first kappa shape index (κ1) is 13.9. The van der Waals surface area contributed by atoms with Gasteiger partial charge in [0.2, 0.25) is 0 Å². The summed E-state index contributed by atoms with van der Waals surface area (Å²) in [4.78, 5) is 0. The van der Waals surface area contributed by atoms with Crippen molar-refractivity contribution in [3.63, 3.8) is 0 Å². The molecule has 0 radical (unpaired) electrons. The summed E-state index contributed by atoms with van der Waals surface area (Å²) in [6.45, 7) is 4.97. The maximum absolute atomic E-state index is 6.37. The minimum Gasteiger partial charge on any atom is -0.383 e. The van der Waals surface area contributed by atoms with Crippen molar-refractivity contribution in [1.29, 1.82) is 0 Å². The summed E-state index contributed by atoms with van der Waals surface area (Å²) in [6.07, 6.45) is 2.51. The molecule has 2 nitrogen and oxygen atoms in total. The normalized spacial score (nSPS) is 26.9. The van der Waals surface area contributed by atoms with Gasteiger partial charge in [-0.2, -0.15) is 0 Å². The van der Waals surface area contributed by atoms with Gasteiger partial charge >= 0.3 is 0 Å². The lowest BCUT2D eigenvalue weighted by molar-refractivity contribution is 0.127. The van der Waals surface area contributed by atoms with Gasteiger partial charge in [-0.15, -0.1) is 0 Å². The molecule has 1 saturated carbocycles. The first-order valence-corrected chi connectivity index (χ1v) is 7.03. The fourth-order valence-electron chi connectivity index (χ4n) is 2.89. The molecule has 18 heavy (non-hydrogen) atoms. The molecular weight excluding hydrogens is 246 g/mol. The molecule has 0 saturated heterocycles. The summed E-state index contributed by atoms with van der Waals surface area (Å²) in [5, 5.41) is 4.40. The van der Waals surface area contributed by atoms with E-state index in [-0.39, 0.29) is 5.41 Å². The first-order chi connectivity index (χ1) is 8.70. The quantitative estimate of drug-likeness (QED) is 0.799. The van der Waals surface area contributed by atoms with Gasteiger partial charge < -0.3 is 10.1 Å². The third-order valence-corrected chi connectivity index (χ3v) is 4.63. The van der Waals surface area contributed by atoms with E-state index in [2.05, 4.69) is 24.4 Å². The number of benzene rings is 1. The summed E-state index contributed by atoms with van der Waals surface area (Å²) in [5.41, 5.74) is 1.52. The summed E-state index contributed by atoms with van der Waals surface area (Å²) in [6, 6.07) is 8.26. The van der Waals surface area contributed by atoms with Crippen LogP contribution in [0.5, 0.6) is 0 Å². The molecule has 0 aromatic heterocycles. The first-order valence-electron chi connectivity index (χ1n) is 6.65. The maximum atomic E-state index is 6.37. The third kappa shape index (κ3) is 2.56. The van der Waals surface area contributed by atoms with E-state index in [0.717, 1.165) is 24.7 Å². The largest absolute Gasteiger partial charge is 0.383 e. The van der Waals surface area contributed by atoms with Crippen LogP contribution in [0.1, 0.15) is 25.3 Å². The Labute approximate surface area is 115 Å². The Kier molecular flexibility index (Phi) is 4.66. The molecule has 0 amide bonds. The topological polar surface area (TPSA) is 21.3 Å². The fourth-order valence-corrected chi connectivity index (χ4v) is 3.21. The number of nitrogens with one attached hydrogen (secondary N) is 1. The second-order valence-electron chi connectivity index (χ2n) is 5.25. The van der Waals surface area contributed by atoms with Crippen LogP contribution in [0.4, 0.5) is 0 Å². The molecule has 0 spiro atoms. The Morgan fingerprint density at radius 1 is 1.44 bits per heavy atom. The Balaban J connectivity index is 2.10. The highest BCUT2D eigenvalue weighted by Crippen LogP contribution is 2.50. The second-order valence-corrected chi connectivity index (χ2v) is 5.65. The summed E-state index contributed by atoms with van der Waals surface area (Å²) < 4.78 is 5.08. The predicted molar refractivity (Wildman–Crippen MR) is 76.3 cm³/mol. The van der Waals surface area contributed by atoms with Crippen molar-refractivity contribution in [3.8, 4) is 0 Å². The predicted octanol–water partition coefficient (Wildman–Crippen LogP) is 3.24. The Morgan fingerprint density at radius 3 is 2.78 bits per heavy atom. The van der Waals surface area contributed by atoms with Crippen molar-refractivity contribution in [2.24, 2.45) is 5.92 Å². The molecule has 1 N–H and O–H groups in total. The molecule has 3 heteroatoms. The average Bonchev–Trinajstić information content (AvgIpc) is 2.38. The van der Waals surface area contributed by atoms with Crippen LogP contribution in [0.2, 0.25) is 5.02 Å². The van der Waals surface area contributed by atoms with Crippen LogP contribution in [0.25, 0.3) is 0 Å². The van der Waals surface area contributed by atoms with Crippen LogP contribution in [0.3, 0.4) is 0 Å². The van der Waals surface area contributed by atoms with Gasteiger partial charge in [0.05, 0.1) is 6.61 Å². The molecule has 0 heterocycles. The van der Waals surface area contributed by atoms with Crippen LogP contribution in [0, 0.1) is 5.92 Å². The van der Waals surface area contributed by atoms with Gasteiger partial charge in [-0.25, -0.2) is 0 Å². The number of ether oxygens (including phenoxy) is 1. The molecule has 2 rings (SSSR count). The summed E-state index contributed by atoms with van der Waals surface area (Å²) in [5.74, 6) is 0.687. The van der Waals surface area contributed by atoms with E-state index < -0.39 is 0 Å². The van der Waals surface area contributed by atoms with E-state index >= 15 is 0 Å². The van der Waals surface area contributed by atoms with E-state index in [0.29, 0.717) is 5.92 Å². The zero-order chi connectivity index (χ0) is 13.0. The Hall–Kier alpha value is -0.570. The molecule has 0 aliphatic heterocycles. The molecular formula is C15H22ClNO. The maximum Gasteiger partial charge on any atom is 0.0587 e. The van der Waals surface area contributed by atoms with Crippen LogP contribution in [0.15, 0.2) is 24.3 Å². The zero-order valence-electron chi connectivity index (χ0n) is 11.2. The lowest BCUT2D eigenvalue weighted by Gasteiger charge is -2.49. The van der Waals surface area contributed by atoms with Crippen molar-refractivity contribution < 1.29 is 4.74 Å². The number of hydrogen-bond donors (Lipinski definition) is 1. The van der Waals surface area contributed by atoms with Gasteiger partial charge in [0.15, 0.2) is 0 Å². The molecule has 1 aromatic carbocycles. The Morgan fingerprint density at radius 2 is 2.22 bits per heavy atom. The van der Waals surface area contributed by atoms with Crippen molar-refractivity contribution in [1.82, 2.24) is 5.32 Å². The monoisotopic (exact) mass is 267 g/mol. The molecule has 0 bridgehead atoms. The van der Waals surface area contributed by atoms with Gasteiger partial charge in [0.1, 0.15) is 0 Å². The smallest absolute Gasteiger partial charge is 0.0587 e. The van der Waals surface area contributed by atoms with Gasteiger partial charge in [0.25, 0.3) is 0 Å². The van der Waals surface area contributed by atoms with Crippen molar-refractivity contribution in [2.45, 2.75) is 25.2 Å². The van der Waals surface area contributed by atoms with E-state index in [1.807, 2.05) is 12.1 Å². The lowest BCUT2D eigenvalue weighted by atomic mass is 9.57. The van der Waals surface area contributed by atoms with E-state index in [9.17, 15) is 0 Å². The van der Waals surface area contributed by atoms with Gasteiger partial charge in [-0.3, -0.25) is 0 Å². The van der Waals surface area contributed by atoms with E-state index in [4.69, 9.17) is 16.3 Å². The summed E-state index contributed by atoms with van der Waals surface area (Å²) in [7, 11) is 1.73. The average molecular weight is 268 g/mol. The summed E-state index contributed by atoms with van der Waals surface area (Å²) >= 11 is 6.37. The Bertz CT molecular complexity index is 396. The van der Waals surface area contributed by atoms with Crippen LogP contribution in [-0.2, 0) is 10.2 Å². The highest BCUT2D eigenvalue weighted by Gasteiger charge is 2.45. The van der Waals surface area contributed by atoms with Gasteiger partial charge in [-0.1, -0.05) is 36.7 Å². The molecule has 2 atom stereocenters. The van der Waals surface area contributed by atoms with Crippen LogP contribution in [-0.4, -0.2) is 26.8 Å². The molecule has 1 aromatic rings. The van der Waals surface area contributed by atoms with Crippen LogP contribution < -0.4 is 5.32 Å².